The van der Waals surface area contributed by atoms with Gasteiger partial charge in [0.15, 0.2) is 5.76 Å². The molecule has 5 heteroatoms. The number of benzene rings is 1. The molecule has 2 amide bonds. The van der Waals surface area contributed by atoms with Crippen molar-refractivity contribution in [3.63, 3.8) is 0 Å². The van der Waals surface area contributed by atoms with Gasteiger partial charge in [0.2, 0.25) is 0 Å². The summed E-state index contributed by atoms with van der Waals surface area (Å²) in [6.07, 6.45) is 11.7. The maximum Gasteiger partial charge on any atom is 0.419 e. The molecular formula is C20H25NO4. The summed E-state index contributed by atoms with van der Waals surface area (Å²) in [7, 11) is 0. The summed E-state index contributed by atoms with van der Waals surface area (Å²) in [5.74, 6) is 0.335. The van der Waals surface area contributed by atoms with Gasteiger partial charge in [-0.25, -0.2) is 4.79 Å². The Morgan fingerprint density at radius 1 is 1.04 bits per heavy atom. The Bertz CT molecular complexity index is 632. The normalized spacial score (nSPS) is 15.6. The Morgan fingerprint density at radius 3 is 2.44 bits per heavy atom. The molecule has 2 rings (SSSR count). The Balaban J connectivity index is 1.71. The Labute approximate surface area is 148 Å². The molecule has 0 atom stereocenters. The van der Waals surface area contributed by atoms with Crippen LogP contribution in [-0.4, -0.2) is 18.6 Å². The van der Waals surface area contributed by atoms with Crippen LogP contribution in [-0.2, 0) is 9.53 Å². The van der Waals surface area contributed by atoms with Crippen molar-refractivity contribution in [1.82, 2.24) is 5.32 Å². The van der Waals surface area contributed by atoms with Crippen LogP contribution in [0.15, 0.2) is 42.2 Å². The van der Waals surface area contributed by atoms with Gasteiger partial charge in [0.1, 0.15) is 5.75 Å². The first-order valence-corrected chi connectivity index (χ1v) is 8.83. The van der Waals surface area contributed by atoms with Gasteiger partial charge in [0.25, 0.3) is 5.91 Å². The van der Waals surface area contributed by atoms with Crippen LogP contribution in [0, 0.1) is 0 Å². The highest BCUT2D eigenvalue weighted by Crippen LogP contribution is 2.15. The lowest BCUT2D eigenvalue weighted by Gasteiger charge is -2.06. The number of allylic oxidation sites excluding steroid dienone is 2. The second-order valence-electron chi connectivity index (χ2n) is 5.92. The third-order valence-electron chi connectivity index (χ3n) is 3.83. The Hall–Kier alpha value is -2.56. The molecule has 0 unspecified atom stereocenters. The number of hydrogen-bond acceptors (Lipinski definition) is 4. The van der Waals surface area contributed by atoms with E-state index < -0.39 is 12.0 Å². The molecule has 1 saturated heterocycles. The van der Waals surface area contributed by atoms with E-state index in [1.807, 2.05) is 35.7 Å². The highest BCUT2D eigenvalue weighted by atomic mass is 16.6. The summed E-state index contributed by atoms with van der Waals surface area (Å²) >= 11 is 0. The van der Waals surface area contributed by atoms with Crippen LogP contribution in [0.5, 0.6) is 5.75 Å². The van der Waals surface area contributed by atoms with E-state index in [4.69, 9.17) is 9.47 Å². The van der Waals surface area contributed by atoms with Crippen molar-refractivity contribution in [3.8, 4) is 5.75 Å². The minimum absolute atomic E-state index is 0.000130. The fourth-order valence-corrected chi connectivity index (χ4v) is 2.43. The molecule has 1 aromatic rings. The highest BCUT2D eigenvalue weighted by Gasteiger charge is 2.25. The first-order valence-electron chi connectivity index (χ1n) is 8.83. The highest BCUT2D eigenvalue weighted by molar-refractivity contribution is 6.07. The lowest BCUT2D eigenvalue weighted by Crippen LogP contribution is -2.18. The average molecular weight is 343 g/mol. The number of nitrogens with one attached hydrogen (secondary N) is 1. The van der Waals surface area contributed by atoms with Gasteiger partial charge in [-0.1, -0.05) is 63.3 Å². The van der Waals surface area contributed by atoms with Crippen LogP contribution in [0.2, 0.25) is 0 Å². The SMILES string of the molecule is CCCCCCCCOc1ccc(C=CC=C2OC(=O)NC2=O)cc1. The number of unbranched alkanes of at least 4 members (excludes halogenated alkanes) is 5. The van der Waals surface area contributed by atoms with Gasteiger partial charge in [-0.05, 0) is 30.2 Å². The van der Waals surface area contributed by atoms with E-state index in [0.29, 0.717) is 0 Å². The van der Waals surface area contributed by atoms with Crippen LogP contribution < -0.4 is 10.1 Å². The zero-order chi connectivity index (χ0) is 17.9. The maximum absolute atomic E-state index is 11.3. The van der Waals surface area contributed by atoms with Crippen molar-refractivity contribution in [3.05, 3.63) is 47.7 Å². The standard InChI is InChI=1S/C20H25NO4/c1-2-3-4-5-6-7-15-24-17-13-11-16(12-14-17)9-8-10-18-19(22)21-20(23)25-18/h8-14H,2-7,15H2,1H3,(H,21,22,23). The minimum atomic E-state index is -0.739. The number of cyclic esters (lactones) is 1. The van der Waals surface area contributed by atoms with Crippen molar-refractivity contribution in [2.24, 2.45) is 0 Å². The summed E-state index contributed by atoms with van der Waals surface area (Å²) in [6.45, 7) is 2.97. The molecule has 0 radical (unpaired) electrons. The van der Waals surface area contributed by atoms with Crippen LogP contribution in [0.1, 0.15) is 51.0 Å². The summed E-state index contributed by atoms with van der Waals surface area (Å²) < 4.78 is 10.4. The summed E-state index contributed by atoms with van der Waals surface area (Å²) in [5.41, 5.74) is 0.966. The summed E-state index contributed by atoms with van der Waals surface area (Å²) in [4.78, 5) is 22.2. The van der Waals surface area contributed by atoms with E-state index in [2.05, 4.69) is 6.92 Å². The first kappa shape index (κ1) is 18.8. The second kappa shape index (κ2) is 10.3. The molecule has 0 bridgehead atoms. The molecule has 0 aromatic heterocycles. The zero-order valence-corrected chi connectivity index (χ0v) is 14.6. The minimum Gasteiger partial charge on any atom is -0.494 e. The molecule has 1 heterocycles. The molecule has 0 aliphatic carbocycles. The number of alkyl carbamates (subject to hydrolysis) is 1. The average Bonchev–Trinajstić information content (AvgIpc) is 2.93. The lowest BCUT2D eigenvalue weighted by atomic mass is 10.1. The van der Waals surface area contributed by atoms with E-state index in [-0.39, 0.29) is 5.76 Å². The molecule has 0 saturated carbocycles. The van der Waals surface area contributed by atoms with Gasteiger partial charge < -0.3 is 9.47 Å². The summed E-state index contributed by atoms with van der Waals surface area (Å²) in [5, 5.41) is 2.04. The third kappa shape index (κ3) is 6.83. The van der Waals surface area contributed by atoms with E-state index in [1.54, 1.807) is 6.08 Å². The third-order valence-corrected chi connectivity index (χ3v) is 3.83. The number of ether oxygens (including phenoxy) is 2. The summed E-state index contributed by atoms with van der Waals surface area (Å²) in [6, 6.07) is 7.72. The van der Waals surface area contributed by atoms with Crippen molar-refractivity contribution < 1.29 is 19.1 Å². The second-order valence-corrected chi connectivity index (χ2v) is 5.92. The van der Waals surface area contributed by atoms with E-state index in [0.717, 1.165) is 24.3 Å². The molecular weight excluding hydrogens is 318 g/mol. The fraction of sp³-hybridized carbons (Fsp3) is 0.400. The molecule has 1 aliphatic heterocycles. The number of hydrogen-bond donors (Lipinski definition) is 1. The van der Waals surface area contributed by atoms with Gasteiger partial charge in [0.05, 0.1) is 6.61 Å². The van der Waals surface area contributed by atoms with Gasteiger partial charge >= 0.3 is 6.09 Å². The Kier molecular flexibility index (Phi) is 7.76. The molecule has 5 nitrogen and oxygen atoms in total. The van der Waals surface area contributed by atoms with Gasteiger partial charge in [-0.15, -0.1) is 0 Å². The number of carbonyl (C=O) groups is 2. The number of carbonyl (C=O) groups excluding carboxylic acids is 2. The van der Waals surface area contributed by atoms with Crippen molar-refractivity contribution in [1.29, 1.82) is 0 Å². The first-order chi connectivity index (χ1) is 12.2. The number of rotatable bonds is 10. The molecule has 25 heavy (non-hydrogen) atoms. The number of imide groups is 1. The smallest absolute Gasteiger partial charge is 0.419 e. The molecule has 1 aromatic carbocycles. The predicted octanol–water partition coefficient (Wildman–Crippen LogP) is 4.59. The van der Waals surface area contributed by atoms with E-state index in [1.165, 1.54) is 38.2 Å². The maximum atomic E-state index is 11.3. The lowest BCUT2D eigenvalue weighted by molar-refractivity contribution is -0.116. The molecule has 1 N–H and O–H groups in total. The zero-order valence-electron chi connectivity index (χ0n) is 14.6. The number of amides is 2. The van der Waals surface area contributed by atoms with Crippen LogP contribution in [0.4, 0.5) is 4.79 Å². The fourth-order valence-electron chi connectivity index (χ4n) is 2.43. The largest absolute Gasteiger partial charge is 0.494 e. The van der Waals surface area contributed by atoms with Crippen molar-refractivity contribution >= 4 is 18.1 Å². The monoisotopic (exact) mass is 343 g/mol. The predicted molar refractivity (Wildman–Crippen MR) is 97.1 cm³/mol. The van der Waals surface area contributed by atoms with E-state index in [9.17, 15) is 9.59 Å². The molecule has 1 fully saturated rings. The van der Waals surface area contributed by atoms with Gasteiger partial charge in [-0.2, -0.15) is 0 Å². The van der Waals surface area contributed by atoms with Crippen molar-refractivity contribution in [2.45, 2.75) is 45.4 Å². The Morgan fingerprint density at radius 2 is 1.76 bits per heavy atom. The van der Waals surface area contributed by atoms with Gasteiger partial charge in [0, 0.05) is 0 Å². The molecule has 1 aliphatic rings. The van der Waals surface area contributed by atoms with E-state index >= 15 is 0 Å². The van der Waals surface area contributed by atoms with Crippen LogP contribution in [0.25, 0.3) is 6.08 Å². The topological polar surface area (TPSA) is 64.6 Å². The molecule has 134 valence electrons. The van der Waals surface area contributed by atoms with Crippen LogP contribution >= 0.6 is 0 Å². The van der Waals surface area contributed by atoms with Crippen LogP contribution in [0.3, 0.4) is 0 Å². The quantitative estimate of drug-likeness (QED) is 0.498. The van der Waals surface area contributed by atoms with Crippen molar-refractivity contribution in [2.75, 3.05) is 6.61 Å². The molecule has 0 spiro atoms. The van der Waals surface area contributed by atoms with Gasteiger partial charge in [-0.3, -0.25) is 10.1 Å².